The molecule has 0 spiro atoms. The molecule has 5 heteroatoms. The molecule has 0 aromatic heterocycles. The first-order valence-electron chi connectivity index (χ1n) is 9.14. The average molecular weight is 448 g/mol. The number of cyclic esters (lactones) is 1. The van der Waals surface area contributed by atoms with Crippen molar-refractivity contribution in [2.24, 2.45) is 4.99 Å². The Morgan fingerprint density at radius 3 is 2.62 bits per heavy atom. The van der Waals surface area contributed by atoms with Gasteiger partial charge in [-0.25, -0.2) is 9.79 Å². The zero-order chi connectivity index (χ0) is 20.2. The predicted molar refractivity (Wildman–Crippen MR) is 117 cm³/mol. The van der Waals surface area contributed by atoms with E-state index in [-0.39, 0.29) is 5.70 Å². The van der Waals surface area contributed by atoms with E-state index in [1.54, 1.807) is 6.08 Å². The van der Waals surface area contributed by atoms with Crippen molar-refractivity contribution in [1.82, 2.24) is 0 Å². The standard InChI is InChI=1S/C24H18BrNO3/c1-16-8-10-19(11-9-16)23-26-22(24(27)29-23)14-17-4-3-7-21(13-17)28-15-18-5-2-6-20(25)12-18/h2-14H,15H2,1H3/b22-14-. The summed E-state index contributed by atoms with van der Waals surface area (Å²) in [7, 11) is 0. The van der Waals surface area contributed by atoms with Crippen molar-refractivity contribution in [2.45, 2.75) is 13.5 Å². The van der Waals surface area contributed by atoms with Crippen LogP contribution in [0, 0.1) is 6.92 Å². The Balaban J connectivity index is 1.51. The third kappa shape index (κ3) is 4.81. The van der Waals surface area contributed by atoms with Gasteiger partial charge in [-0.1, -0.05) is 57.9 Å². The number of carbonyl (C=O) groups is 1. The van der Waals surface area contributed by atoms with Crippen molar-refractivity contribution < 1.29 is 14.3 Å². The molecule has 1 aliphatic rings. The van der Waals surface area contributed by atoms with Gasteiger partial charge in [0.15, 0.2) is 5.70 Å². The number of halogens is 1. The van der Waals surface area contributed by atoms with E-state index < -0.39 is 5.97 Å². The molecule has 0 amide bonds. The van der Waals surface area contributed by atoms with Gasteiger partial charge in [-0.05, 0) is 60.5 Å². The molecule has 0 atom stereocenters. The SMILES string of the molecule is Cc1ccc(C2=N/C(=C\c3cccc(OCc4cccc(Br)c4)c3)C(=O)O2)cc1. The lowest BCUT2D eigenvalue weighted by Crippen LogP contribution is -2.05. The van der Waals surface area contributed by atoms with Gasteiger partial charge in [-0.2, -0.15) is 0 Å². The molecular weight excluding hydrogens is 430 g/mol. The number of esters is 1. The lowest BCUT2D eigenvalue weighted by atomic mass is 10.1. The van der Waals surface area contributed by atoms with Gasteiger partial charge in [0, 0.05) is 10.0 Å². The largest absolute Gasteiger partial charge is 0.489 e. The maximum atomic E-state index is 12.2. The Kier molecular flexibility index (Phi) is 5.58. The van der Waals surface area contributed by atoms with E-state index in [1.165, 1.54) is 0 Å². The van der Waals surface area contributed by atoms with Crippen molar-refractivity contribution in [3.63, 3.8) is 0 Å². The van der Waals surface area contributed by atoms with Crippen LogP contribution in [-0.2, 0) is 16.1 Å². The molecule has 144 valence electrons. The number of hydrogen-bond donors (Lipinski definition) is 0. The molecule has 0 saturated heterocycles. The molecule has 4 rings (SSSR count). The quantitative estimate of drug-likeness (QED) is 0.373. The Bertz CT molecular complexity index is 1120. The highest BCUT2D eigenvalue weighted by Crippen LogP contribution is 2.22. The second kappa shape index (κ2) is 8.45. The summed E-state index contributed by atoms with van der Waals surface area (Å²) in [5, 5.41) is 0. The maximum Gasteiger partial charge on any atom is 0.363 e. The molecule has 1 heterocycles. The van der Waals surface area contributed by atoms with E-state index in [0.29, 0.717) is 18.3 Å². The summed E-state index contributed by atoms with van der Waals surface area (Å²) in [6, 6.07) is 23.2. The Hall–Kier alpha value is -3.18. The summed E-state index contributed by atoms with van der Waals surface area (Å²) in [6.07, 6.45) is 1.70. The fourth-order valence-corrected chi connectivity index (χ4v) is 3.32. The molecule has 3 aromatic carbocycles. The fraction of sp³-hybridized carbons (Fsp3) is 0.0833. The normalized spacial score (nSPS) is 14.6. The van der Waals surface area contributed by atoms with Crippen LogP contribution in [0.25, 0.3) is 6.08 Å². The second-order valence-corrected chi connectivity index (χ2v) is 7.61. The lowest BCUT2D eigenvalue weighted by molar-refractivity contribution is -0.129. The van der Waals surface area contributed by atoms with Crippen LogP contribution in [0.3, 0.4) is 0 Å². The Morgan fingerprint density at radius 1 is 1.03 bits per heavy atom. The summed E-state index contributed by atoms with van der Waals surface area (Å²) in [6.45, 7) is 2.46. The topological polar surface area (TPSA) is 47.9 Å². The highest BCUT2D eigenvalue weighted by molar-refractivity contribution is 9.10. The molecule has 0 radical (unpaired) electrons. The molecule has 4 nitrogen and oxygen atoms in total. The number of ether oxygens (including phenoxy) is 2. The van der Waals surface area contributed by atoms with Crippen molar-refractivity contribution in [2.75, 3.05) is 0 Å². The van der Waals surface area contributed by atoms with Crippen LogP contribution in [-0.4, -0.2) is 11.9 Å². The molecule has 0 N–H and O–H groups in total. The minimum absolute atomic E-state index is 0.268. The van der Waals surface area contributed by atoms with Crippen molar-refractivity contribution >= 4 is 33.9 Å². The second-order valence-electron chi connectivity index (χ2n) is 6.69. The smallest absolute Gasteiger partial charge is 0.363 e. The highest BCUT2D eigenvalue weighted by Gasteiger charge is 2.24. The number of carbonyl (C=O) groups excluding carboxylic acids is 1. The lowest BCUT2D eigenvalue weighted by Gasteiger charge is -2.07. The van der Waals surface area contributed by atoms with Crippen LogP contribution in [0.4, 0.5) is 0 Å². The molecule has 0 saturated carbocycles. The third-order valence-electron chi connectivity index (χ3n) is 4.38. The molecule has 0 bridgehead atoms. The van der Waals surface area contributed by atoms with Gasteiger partial charge in [0.1, 0.15) is 12.4 Å². The van der Waals surface area contributed by atoms with E-state index in [1.807, 2.05) is 79.7 Å². The van der Waals surface area contributed by atoms with Gasteiger partial charge < -0.3 is 9.47 Å². The van der Waals surface area contributed by atoms with E-state index in [4.69, 9.17) is 9.47 Å². The molecule has 29 heavy (non-hydrogen) atoms. The van der Waals surface area contributed by atoms with E-state index in [2.05, 4.69) is 20.9 Å². The first kappa shape index (κ1) is 19.2. The number of nitrogens with zero attached hydrogens (tertiary/aromatic N) is 1. The van der Waals surface area contributed by atoms with Crippen molar-refractivity contribution in [3.8, 4) is 5.75 Å². The van der Waals surface area contributed by atoms with Crippen LogP contribution in [0.2, 0.25) is 0 Å². The molecule has 0 fully saturated rings. The van der Waals surface area contributed by atoms with Crippen LogP contribution >= 0.6 is 15.9 Å². The minimum Gasteiger partial charge on any atom is -0.489 e. The van der Waals surface area contributed by atoms with E-state index >= 15 is 0 Å². The summed E-state index contributed by atoms with van der Waals surface area (Å²) >= 11 is 3.46. The predicted octanol–water partition coefficient (Wildman–Crippen LogP) is 5.68. The minimum atomic E-state index is -0.457. The van der Waals surface area contributed by atoms with Gasteiger partial charge in [0.2, 0.25) is 5.90 Å². The van der Waals surface area contributed by atoms with Gasteiger partial charge >= 0.3 is 5.97 Å². The molecular formula is C24H18BrNO3. The monoisotopic (exact) mass is 447 g/mol. The van der Waals surface area contributed by atoms with Gasteiger partial charge in [0.05, 0.1) is 0 Å². The maximum absolute atomic E-state index is 12.2. The van der Waals surface area contributed by atoms with E-state index in [0.717, 1.165) is 26.7 Å². The van der Waals surface area contributed by atoms with Crippen LogP contribution in [0.15, 0.2) is 88.0 Å². The first-order valence-corrected chi connectivity index (χ1v) is 9.93. The molecule has 0 unspecified atom stereocenters. The van der Waals surface area contributed by atoms with Crippen LogP contribution in [0.1, 0.15) is 22.3 Å². The van der Waals surface area contributed by atoms with E-state index in [9.17, 15) is 4.79 Å². The molecule has 0 aliphatic carbocycles. The number of aliphatic imine (C=N–C) groups is 1. The highest BCUT2D eigenvalue weighted by atomic mass is 79.9. The number of aryl methyl sites for hydroxylation is 1. The van der Waals surface area contributed by atoms with Gasteiger partial charge in [-0.15, -0.1) is 0 Å². The Morgan fingerprint density at radius 2 is 1.83 bits per heavy atom. The number of benzene rings is 3. The summed E-state index contributed by atoms with van der Waals surface area (Å²) in [4.78, 5) is 16.6. The van der Waals surface area contributed by atoms with Crippen molar-refractivity contribution in [3.05, 3.63) is 105 Å². The van der Waals surface area contributed by atoms with Gasteiger partial charge in [0.25, 0.3) is 0 Å². The number of hydrogen-bond acceptors (Lipinski definition) is 4. The van der Waals surface area contributed by atoms with Crippen LogP contribution in [0.5, 0.6) is 5.75 Å². The van der Waals surface area contributed by atoms with Gasteiger partial charge in [-0.3, -0.25) is 0 Å². The summed E-state index contributed by atoms with van der Waals surface area (Å²) in [5.41, 5.74) is 4.06. The van der Waals surface area contributed by atoms with Crippen LogP contribution < -0.4 is 4.74 Å². The third-order valence-corrected chi connectivity index (χ3v) is 4.87. The average Bonchev–Trinajstić information content (AvgIpc) is 3.08. The number of rotatable bonds is 5. The zero-order valence-electron chi connectivity index (χ0n) is 15.8. The summed E-state index contributed by atoms with van der Waals surface area (Å²) in [5.74, 6) is 0.581. The molecule has 3 aromatic rings. The first-order chi connectivity index (χ1) is 14.1. The zero-order valence-corrected chi connectivity index (χ0v) is 17.3. The molecule has 1 aliphatic heterocycles. The summed E-state index contributed by atoms with van der Waals surface area (Å²) < 4.78 is 12.2. The van der Waals surface area contributed by atoms with Crippen molar-refractivity contribution in [1.29, 1.82) is 0 Å². The fourth-order valence-electron chi connectivity index (χ4n) is 2.87. The Labute approximate surface area is 177 Å².